The number of aryl methyl sites for hydroxylation is 1. The molecule has 4 rings (SSSR count). The van der Waals surface area contributed by atoms with Gasteiger partial charge in [0.15, 0.2) is 5.11 Å². The van der Waals surface area contributed by atoms with Crippen LogP contribution in [0.15, 0.2) is 59.1 Å². The van der Waals surface area contributed by atoms with Gasteiger partial charge in [-0.05, 0) is 67.2 Å². The molecule has 0 saturated carbocycles. The number of halogens is 2. The predicted octanol–water partition coefficient (Wildman–Crippen LogP) is 6.09. The van der Waals surface area contributed by atoms with Gasteiger partial charge < -0.3 is 15.0 Å². The number of aromatic amines is 1. The van der Waals surface area contributed by atoms with Crippen molar-refractivity contribution in [2.45, 2.75) is 6.92 Å². The highest BCUT2D eigenvalue weighted by Crippen LogP contribution is 2.30. The summed E-state index contributed by atoms with van der Waals surface area (Å²) < 4.78 is 6.15. The number of anilines is 1. The summed E-state index contributed by atoms with van der Waals surface area (Å²) in [5, 5.41) is 6.24. The summed E-state index contributed by atoms with van der Waals surface area (Å²) in [4.78, 5) is 20.7. The van der Waals surface area contributed by atoms with E-state index in [1.165, 1.54) is 7.11 Å². The quantitative estimate of drug-likeness (QED) is 0.279. The molecular formula is C23H18BrClN4O2S. The average Bonchev–Trinajstić information content (AvgIpc) is 3.19. The van der Waals surface area contributed by atoms with Crippen LogP contribution in [0.5, 0.6) is 5.75 Å². The summed E-state index contributed by atoms with van der Waals surface area (Å²) in [6, 6.07) is 16.8. The number of para-hydroxylation sites is 2. The molecule has 32 heavy (non-hydrogen) atoms. The lowest BCUT2D eigenvalue weighted by atomic mass is 10.1. The number of fused-ring (bicyclic) bond motifs is 1. The van der Waals surface area contributed by atoms with Crippen LogP contribution in [0.1, 0.15) is 15.9 Å². The van der Waals surface area contributed by atoms with Gasteiger partial charge in [0, 0.05) is 10.0 Å². The Morgan fingerprint density at radius 1 is 1.19 bits per heavy atom. The molecule has 1 amide bonds. The van der Waals surface area contributed by atoms with Crippen LogP contribution in [0.2, 0.25) is 5.02 Å². The van der Waals surface area contributed by atoms with Crippen LogP contribution in [-0.4, -0.2) is 28.1 Å². The minimum atomic E-state index is -0.395. The maximum Gasteiger partial charge on any atom is 0.261 e. The summed E-state index contributed by atoms with van der Waals surface area (Å²) in [5.41, 5.74) is 4.37. The van der Waals surface area contributed by atoms with Gasteiger partial charge >= 0.3 is 0 Å². The standard InChI is InChI=1S/C23H18BrClN4O2S/c1-12-9-14(24)11-15(20(12)31-2)22(30)29-23(32)28-19-10-13(7-8-16(19)25)21-26-17-5-3-4-6-18(17)27-21/h3-11H,1-2H3,(H,26,27)(H2,28,29,30,32). The molecule has 0 aliphatic heterocycles. The van der Waals surface area contributed by atoms with Gasteiger partial charge in [-0.1, -0.05) is 39.7 Å². The first-order chi connectivity index (χ1) is 15.4. The molecule has 0 atom stereocenters. The Balaban J connectivity index is 1.55. The molecule has 6 nitrogen and oxygen atoms in total. The van der Waals surface area contributed by atoms with E-state index in [1.807, 2.05) is 49.4 Å². The fourth-order valence-electron chi connectivity index (χ4n) is 3.35. The van der Waals surface area contributed by atoms with Gasteiger partial charge in [-0.25, -0.2) is 4.98 Å². The van der Waals surface area contributed by atoms with Gasteiger partial charge in [0.2, 0.25) is 0 Å². The van der Waals surface area contributed by atoms with Crippen molar-refractivity contribution in [3.05, 3.63) is 75.2 Å². The molecule has 9 heteroatoms. The number of imidazole rings is 1. The Morgan fingerprint density at radius 2 is 1.97 bits per heavy atom. The Hall–Kier alpha value is -2.94. The van der Waals surface area contributed by atoms with Crippen molar-refractivity contribution in [1.82, 2.24) is 15.3 Å². The van der Waals surface area contributed by atoms with Gasteiger partial charge in [-0.3, -0.25) is 10.1 Å². The highest BCUT2D eigenvalue weighted by Gasteiger charge is 2.17. The second-order valence-electron chi connectivity index (χ2n) is 7.01. The van der Waals surface area contributed by atoms with Crippen molar-refractivity contribution < 1.29 is 9.53 Å². The first kappa shape index (κ1) is 22.3. The lowest BCUT2D eigenvalue weighted by Crippen LogP contribution is -2.34. The van der Waals surface area contributed by atoms with Crippen molar-refractivity contribution in [2.75, 3.05) is 12.4 Å². The summed E-state index contributed by atoms with van der Waals surface area (Å²) in [6.45, 7) is 1.86. The van der Waals surface area contributed by atoms with E-state index in [9.17, 15) is 4.79 Å². The number of nitrogens with zero attached hydrogens (tertiary/aromatic N) is 1. The third-order valence-electron chi connectivity index (χ3n) is 4.79. The number of amides is 1. The monoisotopic (exact) mass is 528 g/mol. The Labute approximate surface area is 203 Å². The number of carbonyl (C=O) groups excluding carboxylic acids is 1. The first-order valence-electron chi connectivity index (χ1n) is 9.57. The molecule has 4 aromatic rings. The fraction of sp³-hybridized carbons (Fsp3) is 0.0870. The third-order valence-corrected chi connectivity index (χ3v) is 5.78. The molecule has 0 saturated heterocycles. The van der Waals surface area contributed by atoms with Crippen LogP contribution in [0.3, 0.4) is 0 Å². The number of thiocarbonyl (C=S) groups is 1. The zero-order chi connectivity index (χ0) is 22.8. The number of carbonyl (C=O) groups is 1. The average molecular weight is 530 g/mol. The van der Waals surface area contributed by atoms with Crippen LogP contribution in [0.4, 0.5) is 5.69 Å². The predicted molar refractivity (Wildman–Crippen MR) is 136 cm³/mol. The number of hydrogen-bond acceptors (Lipinski definition) is 4. The first-order valence-corrected chi connectivity index (χ1v) is 11.1. The molecule has 1 heterocycles. The molecule has 3 N–H and O–H groups in total. The van der Waals surface area contributed by atoms with E-state index in [4.69, 9.17) is 28.6 Å². The van der Waals surface area contributed by atoms with Crippen LogP contribution in [0, 0.1) is 6.92 Å². The number of methoxy groups -OCH3 is 1. The number of H-pyrrole nitrogens is 1. The summed E-state index contributed by atoms with van der Waals surface area (Å²) in [7, 11) is 1.52. The number of ether oxygens (including phenoxy) is 1. The molecule has 0 fully saturated rings. The van der Waals surface area contributed by atoms with Gasteiger partial charge in [0.1, 0.15) is 11.6 Å². The van der Waals surface area contributed by atoms with E-state index in [-0.39, 0.29) is 5.11 Å². The van der Waals surface area contributed by atoms with Crippen LogP contribution < -0.4 is 15.4 Å². The van der Waals surface area contributed by atoms with Crippen molar-refractivity contribution in [3.8, 4) is 17.1 Å². The lowest BCUT2D eigenvalue weighted by Gasteiger charge is -2.14. The van der Waals surface area contributed by atoms with Crippen molar-refractivity contribution in [2.24, 2.45) is 0 Å². The molecule has 3 aromatic carbocycles. The Kier molecular flexibility index (Phi) is 6.45. The van der Waals surface area contributed by atoms with Crippen LogP contribution in [-0.2, 0) is 0 Å². The van der Waals surface area contributed by atoms with Gasteiger partial charge in [-0.15, -0.1) is 0 Å². The summed E-state index contributed by atoms with van der Waals surface area (Å²) in [5.74, 6) is 0.793. The molecule has 0 aliphatic carbocycles. The maximum atomic E-state index is 12.8. The highest BCUT2D eigenvalue weighted by atomic mass is 79.9. The number of hydrogen-bond donors (Lipinski definition) is 3. The zero-order valence-corrected chi connectivity index (χ0v) is 20.3. The van der Waals surface area contributed by atoms with E-state index >= 15 is 0 Å². The second-order valence-corrected chi connectivity index (χ2v) is 8.74. The van der Waals surface area contributed by atoms with Gasteiger partial charge in [0.25, 0.3) is 5.91 Å². The normalized spacial score (nSPS) is 10.8. The molecule has 0 radical (unpaired) electrons. The largest absolute Gasteiger partial charge is 0.496 e. The Bertz CT molecular complexity index is 1320. The lowest BCUT2D eigenvalue weighted by molar-refractivity contribution is 0.0974. The van der Waals surface area contributed by atoms with E-state index in [0.717, 1.165) is 26.6 Å². The van der Waals surface area contributed by atoms with Crippen molar-refractivity contribution >= 4 is 67.5 Å². The minimum absolute atomic E-state index is 0.110. The van der Waals surface area contributed by atoms with E-state index in [1.54, 1.807) is 12.1 Å². The van der Waals surface area contributed by atoms with Gasteiger partial charge in [-0.2, -0.15) is 0 Å². The topological polar surface area (TPSA) is 79.0 Å². The third kappa shape index (κ3) is 4.62. The van der Waals surface area contributed by atoms with Crippen LogP contribution >= 0.6 is 39.7 Å². The molecule has 162 valence electrons. The van der Waals surface area contributed by atoms with Crippen molar-refractivity contribution in [3.63, 3.8) is 0 Å². The minimum Gasteiger partial charge on any atom is -0.496 e. The molecule has 0 aliphatic rings. The smallest absolute Gasteiger partial charge is 0.261 e. The number of aromatic nitrogens is 2. The van der Waals surface area contributed by atoms with E-state index in [0.29, 0.717) is 27.8 Å². The number of nitrogens with one attached hydrogen (secondary N) is 3. The molecule has 1 aromatic heterocycles. The molecule has 0 unspecified atom stereocenters. The molecular weight excluding hydrogens is 512 g/mol. The van der Waals surface area contributed by atoms with Crippen LogP contribution in [0.25, 0.3) is 22.4 Å². The second kappa shape index (κ2) is 9.28. The van der Waals surface area contributed by atoms with E-state index in [2.05, 4.69) is 36.5 Å². The van der Waals surface area contributed by atoms with E-state index < -0.39 is 5.91 Å². The fourth-order valence-corrected chi connectivity index (χ4v) is 4.29. The summed E-state index contributed by atoms with van der Waals surface area (Å²) >= 11 is 15.1. The van der Waals surface area contributed by atoms with Crippen molar-refractivity contribution in [1.29, 1.82) is 0 Å². The molecule has 0 spiro atoms. The zero-order valence-electron chi connectivity index (χ0n) is 17.1. The maximum absolute atomic E-state index is 12.8. The number of rotatable bonds is 4. The number of benzene rings is 3. The highest BCUT2D eigenvalue weighted by molar-refractivity contribution is 9.10. The SMILES string of the molecule is COc1c(C)cc(Br)cc1C(=O)NC(=S)Nc1cc(-c2nc3ccccc3[nH]2)ccc1Cl. The molecule has 0 bridgehead atoms. The Morgan fingerprint density at radius 3 is 2.72 bits per heavy atom. The van der Waals surface area contributed by atoms with Gasteiger partial charge in [0.05, 0.1) is 34.4 Å². The summed E-state index contributed by atoms with van der Waals surface area (Å²) in [6.07, 6.45) is 0.